The van der Waals surface area contributed by atoms with E-state index in [2.05, 4.69) is 10.5 Å². The van der Waals surface area contributed by atoms with Crippen LogP contribution in [0.2, 0.25) is 5.02 Å². The topological polar surface area (TPSA) is 53.9 Å². The fourth-order valence-corrected chi connectivity index (χ4v) is 1.78. The molecule has 1 rings (SSSR count). The molecule has 0 aliphatic carbocycles. The van der Waals surface area contributed by atoms with E-state index in [0.29, 0.717) is 17.3 Å². The maximum Gasteiger partial charge on any atom is 0.144 e. The van der Waals surface area contributed by atoms with Gasteiger partial charge in [0.05, 0.1) is 5.71 Å². The van der Waals surface area contributed by atoms with Crippen molar-refractivity contribution in [1.29, 1.82) is 0 Å². The lowest BCUT2D eigenvalue weighted by molar-refractivity contribution is 0.0373. The minimum Gasteiger partial charge on any atom is -0.393 e. The van der Waals surface area contributed by atoms with Crippen LogP contribution in [-0.2, 0) is 4.84 Å². The molecular weight excluding hydrogens is 276 g/mol. The number of aliphatic hydroxyl groups excluding tert-OH is 1. The Kier molecular flexibility index (Phi) is 6.46. The number of hydrogen-bond donors (Lipinski definition) is 2. The summed E-state index contributed by atoms with van der Waals surface area (Å²) in [5.74, 6) is 0. The first kappa shape index (κ1) is 17.0. The molecule has 0 amide bonds. The van der Waals surface area contributed by atoms with Gasteiger partial charge in [-0.3, -0.25) is 0 Å². The second-order valence-electron chi connectivity index (χ2n) is 5.74. The van der Waals surface area contributed by atoms with E-state index in [1.54, 1.807) is 6.07 Å². The van der Waals surface area contributed by atoms with E-state index in [-0.39, 0.29) is 12.1 Å². The van der Waals surface area contributed by atoms with Gasteiger partial charge in [-0.1, -0.05) is 35.0 Å². The van der Waals surface area contributed by atoms with E-state index < -0.39 is 6.10 Å². The van der Waals surface area contributed by atoms with Crippen molar-refractivity contribution < 1.29 is 9.94 Å². The van der Waals surface area contributed by atoms with Gasteiger partial charge in [0.25, 0.3) is 0 Å². The van der Waals surface area contributed by atoms with Crippen molar-refractivity contribution in [1.82, 2.24) is 5.32 Å². The number of halogens is 1. The first-order chi connectivity index (χ1) is 9.29. The van der Waals surface area contributed by atoms with Gasteiger partial charge in [-0.2, -0.15) is 0 Å². The van der Waals surface area contributed by atoms with E-state index >= 15 is 0 Å². The van der Waals surface area contributed by atoms with Crippen LogP contribution in [0.25, 0.3) is 0 Å². The van der Waals surface area contributed by atoms with Gasteiger partial charge >= 0.3 is 0 Å². The molecular formula is C15H23ClN2O2. The molecule has 0 spiro atoms. The highest BCUT2D eigenvalue weighted by molar-refractivity contribution is 6.34. The van der Waals surface area contributed by atoms with Crippen molar-refractivity contribution in [2.45, 2.75) is 39.3 Å². The summed E-state index contributed by atoms with van der Waals surface area (Å²) in [5.41, 5.74) is 1.49. The number of nitrogens with one attached hydrogen (secondary N) is 1. The lowest BCUT2D eigenvalue weighted by Gasteiger charge is -2.22. The van der Waals surface area contributed by atoms with E-state index in [1.807, 2.05) is 45.9 Å². The van der Waals surface area contributed by atoms with E-state index in [1.165, 1.54) is 0 Å². The maximum absolute atomic E-state index is 9.77. The lowest BCUT2D eigenvalue weighted by atomic mass is 10.1. The number of hydrogen-bond acceptors (Lipinski definition) is 4. The highest BCUT2D eigenvalue weighted by atomic mass is 35.5. The largest absolute Gasteiger partial charge is 0.393 e. The molecule has 1 aromatic carbocycles. The van der Waals surface area contributed by atoms with Crippen LogP contribution in [0.4, 0.5) is 0 Å². The fraction of sp³-hybridized carbons (Fsp3) is 0.533. The van der Waals surface area contributed by atoms with Gasteiger partial charge in [-0.05, 0) is 33.8 Å². The van der Waals surface area contributed by atoms with Crippen molar-refractivity contribution in [3.63, 3.8) is 0 Å². The summed E-state index contributed by atoms with van der Waals surface area (Å²) in [7, 11) is 0. The SMILES string of the molecule is C/C(=N\OCC(O)CNC(C)(C)C)c1ccccc1Cl. The summed E-state index contributed by atoms with van der Waals surface area (Å²) in [6, 6.07) is 7.43. The maximum atomic E-state index is 9.77. The molecule has 20 heavy (non-hydrogen) atoms. The number of rotatable bonds is 6. The highest BCUT2D eigenvalue weighted by Crippen LogP contribution is 2.15. The molecule has 0 bridgehead atoms. The van der Waals surface area contributed by atoms with Crippen LogP contribution in [0, 0.1) is 0 Å². The molecule has 0 saturated carbocycles. The van der Waals surface area contributed by atoms with Gasteiger partial charge in [-0.25, -0.2) is 0 Å². The summed E-state index contributed by atoms with van der Waals surface area (Å²) in [6.07, 6.45) is -0.600. The predicted molar refractivity (Wildman–Crippen MR) is 83.4 cm³/mol. The number of aliphatic hydroxyl groups is 1. The minimum absolute atomic E-state index is 0.0300. The Hall–Kier alpha value is -1.10. The predicted octanol–water partition coefficient (Wildman–Crippen LogP) is 2.83. The Morgan fingerprint density at radius 1 is 1.40 bits per heavy atom. The second-order valence-corrected chi connectivity index (χ2v) is 6.14. The van der Waals surface area contributed by atoms with Crippen molar-refractivity contribution in [2.75, 3.05) is 13.2 Å². The van der Waals surface area contributed by atoms with E-state index in [0.717, 1.165) is 5.56 Å². The molecule has 1 unspecified atom stereocenters. The molecule has 0 fully saturated rings. The highest BCUT2D eigenvalue weighted by Gasteiger charge is 2.12. The van der Waals surface area contributed by atoms with Gasteiger partial charge in [0, 0.05) is 22.7 Å². The van der Waals surface area contributed by atoms with Crippen molar-refractivity contribution in [3.05, 3.63) is 34.9 Å². The molecule has 2 N–H and O–H groups in total. The Bertz CT molecular complexity index is 455. The Morgan fingerprint density at radius 3 is 2.65 bits per heavy atom. The van der Waals surface area contributed by atoms with Gasteiger partial charge in [-0.15, -0.1) is 0 Å². The molecule has 0 aliphatic rings. The second kappa shape index (κ2) is 7.62. The number of benzene rings is 1. The third kappa shape index (κ3) is 6.37. The van der Waals surface area contributed by atoms with Gasteiger partial charge in [0.1, 0.15) is 12.7 Å². The Labute approximate surface area is 125 Å². The molecule has 1 atom stereocenters. The average Bonchev–Trinajstić information content (AvgIpc) is 2.36. The van der Waals surface area contributed by atoms with Crippen LogP contribution in [0.15, 0.2) is 29.4 Å². The quantitative estimate of drug-likeness (QED) is 0.627. The molecule has 0 saturated heterocycles. The zero-order chi connectivity index (χ0) is 15.2. The van der Waals surface area contributed by atoms with Crippen molar-refractivity contribution in [3.8, 4) is 0 Å². The third-order valence-corrected chi connectivity index (χ3v) is 2.93. The molecule has 0 heterocycles. The first-order valence-corrected chi connectivity index (χ1v) is 7.02. The molecule has 0 aliphatic heterocycles. The molecule has 0 aromatic heterocycles. The van der Waals surface area contributed by atoms with Crippen LogP contribution in [-0.4, -0.2) is 35.6 Å². The van der Waals surface area contributed by atoms with Crippen LogP contribution in [0.3, 0.4) is 0 Å². The summed E-state index contributed by atoms with van der Waals surface area (Å²) in [5, 5.41) is 17.6. The molecule has 1 aromatic rings. The summed E-state index contributed by atoms with van der Waals surface area (Å²) in [6.45, 7) is 8.55. The Morgan fingerprint density at radius 2 is 2.05 bits per heavy atom. The first-order valence-electron chi connectivity index (χ1n) is 6.64. The molecule has 0 radical (unpaired) electrons. The van der Waals surface area contributed by atoms with Crippen LogP contribution >= 0.6 is 11.6 Å². The standard InChI is InChI=1S/C15H23ClN2O2/c1-11(13-7-5-6-8-14(13)16)18-20-10-12(19)9-17-15(2,3)4/h5-8,12,17,19H,9-10H2,1-4H3/b18-11+. The van der Waals surface area contributed by atoms with E-state index in [9.17, 15) is 5.11 Å². The fourth-order valence-electron chi connectivity index (χ4n) is 1.51. The number of nitrogens with zero attached hydrogens (tertiary/aromatic N) is 1. The normalized spacial score (nSPS) is 14.2. The lowest BCUT2D eigenvalue weighted by Crippen LogP contribution is -2.42. The minimum atomic E-state index is -0.600. The monoisotopic (exact) mass is 298 g/mol. The van der Waals surface area contributed by atoms with Crippen molar-refractivity contribution in [2.24, 2.45) is 5.16 Å². The van der Waals surface area contributed by atoms with Crippen LogP contribution in [0.5, 0.6) is 0 Å². The summed E-state index contributed by atoms with van der Waals surface area (Å²) >= 11 is 6.06. The van der Waals surface area contributed by atoms with Gasteiger partial charge in [0.2, 0.25) is 0 Å². The number of β-amino-alcohol motifs (C(OH)–C–C–N with tert-alkyl or cyclic N) is 1. The third-order valence-electron chi connectivity index (χ3n) is 2.60. The van der Waals surface area contributed by atoms with E-state index in [4.69, 9.17) is 16.4 Å². The molecule has 112 valence electrons. The molecule has 5 heteroatoms. The van der Waals surface area contributed by atoms with Crippen LogP contribution in [0.1, 0.15) is 33.3 Å². The van der Waals surface area contributed by atoms with Crippen LogP contribution < -0.4 is 5.32 Å². The molecule has 4 nitrogen and oxygen atoms in total. The summed E-state index contributed by atoms with van der Waals surface area (Å²) < 4.78 is 0. The van der Waals surface area contributed by atoms with Gasteiger partial charge in [0.15, 0.2) is 0 Å². The Balaban J connectivity index is 2.43. The average molecular weight is 299 g/mol. The van der Waals surface area contributed by atoms with Crippen molar-refractivity contribution >= 4 is 17.3 Å². The zero-order valence-electron chi connectivity index (χ0n) is 12.5. The summed E-state index contributed by atoms with van der Waals surface area (Å²) in [4.78, 5) is 5.17. The zero-order valence-corrected chi connectivity index (χ0v) is 13.2. The number of oxime groups is 1. The van der Waals surface area contributed by atoms with Gasteiger partial charge < -0.3 is 15.3 Å². The smallest absolute Gasteiger partial charge is 0.144 e.